The molecule has 5 heteroatoms. The van der Waals surface area contributed by atoms with E-state index < -0.39 is 15.8 Å². The van der Waals surface area contributed by atoms with E-state index in [0.717, 1.165) is 0 Å². The first kappa shape index (κ1) is 46.2. The minimum atomic E-state index is -0.446. The number of aryl methyl sites for hydroxylation is 1. The maximum Gasteiger partial charge on any atom is 2.00 e. The summed E-state index contributed by atoms with van der Waals surface area (Å²) in [6, 6.07) is 83.6. The zero-order valence-corrected chi connectivity index (χ0v) is 36.5. The van der Waals surface area contributed by atoms with Crippen LogP contribution in [0.1, 0.15) is 16.7 Å². The standard InChI is InChI=1S/2C18H15P.C9H4N.C7H8.BrH.Pd/c2*1-4-10-16(11-5-1)19(17-12-6-2-7-13-17)18-14-8-3-9-15-18;1-2-8-3-5-9(7-10)6-4-8;1-7-5-3-2-4-6-7;;/h2*1-15H;3-6H;2-6H,1H3;1H;/q;;-1;;;+2/p-1. The van der Waals surface area contributed by atoms with Gasteiger partial charge in [0.25, 0.3) is 0 Å². The third-order valence-corrected chi connectivity index (χ3v) is 13.1. The predicted molar refractivity (Wildman–Crippen MR) is 239 cm³/mol. The van der Waals surface area contributed by atoms with Crippen LogP contribution in [0.2, 0.25) is 0 Å². The minimum Gasteiger partial charge on any atom is -1.00 e. The smallest absolute Gasteiger partial charge is 1.00 e. The first-order chi connectivity index (χ1) is 27.2. The molecule has 0 aliphatic rings. The van der Waals surface area contributed by atoms with Gasteiger partial charge in [0, 0.05) is 5.56 Å². The van der Waals surface area contributed by atoms with Crippen molar-refractivity contribution in [2.24, 2.45) is 0 Å². The molecule has 0 aliphatic carbocycles. The number of hydrogen-bond donors (Lipinski definition) is 0. The first-order valence-electron chi connectivity index (χ1n) is 18.0. The van der Waals surface area contributed by atoms with Crippen LogP contribution in [0, 0.1) is 30.6 Å². The molecule has 0 bridgehead atoms. The Kier molecular flexibility index (Phi) is 21.6. The van der Waals surface area contributed by atoms with Crippen LogP contribution < -0.4 is 48.8 Å². The van der Waals surface area contributed by atoms with Gasteiger partial charge in [0.1, 0.15) is 0 Å². The summed E-state index contributed by atoms with van der Waals surface area (Å²) >= 11 is 0. The molecule has 0 spiro atoms. The van der Waals surface area contributed by atoms with Crippen LogP contribution in [0.15, 0.2) is 237 Å². The van der Waals surface area contributed by atoms with Crippen LogP contribution >= 0.6 is 15.8 Å². The van der Waals surface area contributed by atoms with Crippen molar-refractivity contribution in [3.63, 3.8) is 0 Å². The number of rotatable bonds is 6. The Balaban J connectivity index is 0.000000215. The second-order valence-electron chi connectivity index (χ2n) is 12.2. The number of halogens is 1. The molecule has 1 nitrogen and oxygen atoms in total. The molecule has 0 saturated heterocycles. The van der Waals surface area contributed by atoms with Gasteiger partial charge in [-0.1, -0.05) is 230 Å². The summed E-state index contributed by atoms with van der Waals surface area (Å²) in [6.07, 6.45) is 6.74. The van der Waals surface area contributed by atoms with Crippen LogP contribution in [-0.2, 0) is 20.4 Å². The molecule has 0 atom stereocenters. The van der Waals surface area contributed by atoms with E-state index >= 15 is 0 Å². The second kappa shape index (κ2) is 26.6. The molecule has 0 radical (unpaired) electrons. The summed E-state index contributed by atoms with van der Waals surface area (Å²) in [5.74, 6) is 2.22. The quantitative estimate of drug-likeness (QED) is 0.0740. The van der Waals surface area contributed by atoms with Crippen LogP contribution in [0.5, 0.6) is 0 Å². The van der Waals surface area contributed by atoms with Gasteiger partial charge in [0.05, 0.1) is 6.07 Å². The Bertz CT molecular complexity index is 1980. The van der Waals surface area contributed by atoms with Crippen molar-refractivity contribution in [2.75, 3.05) is 0 Å². The van der Waals surface area contributed by atoms with E-state index in [2.05, 4.69) is 207 Å². The van der Waals surface area contributed by atoms with Crippen molar-refractivity contribution in [1.82, 2.24) is 0 Å². The van der Waals surface area contributed by atoms with Crippen LogP contribution in [0.4, 0.5) is 0 Å². The topological polar surface area (TPSA) is 23.8 Å². The molecular formula is C52H42BrNP2Pd. The van der Waals surface area contributed by atoms with E-state index in [9.17, 15) is 0 Å². The monoisotopic (exact) mass is 927 g/mol. The van der Waals surface area contributed by atoms with E-state index in [1.807, 2.05) is 24.3 Å². The van der Waals surface area contributed by atoms with Crippen LogP contribution in [0.3, 0.4) is 0 Å². The fourth-order valence-electron chi connectivity index (χ4n) is 5.52. The maximum atomic E-state index is 8.38. The van der Waals surface area contributed by atoms with Crippen molar-refractivity contribution in [3.8, 4) is 12.0 Å². The van der Waals surface area contributed by atoms with Crippen molar-refractivity contribution in [3.05, 3.63) is 260 Å². The van der Waals surface area contributed by atoms with Crippen molar-refractivity contribution >= 4 is 47.7 Å². The van der Waals surface area contributed by atoms with Gasteiger partial charge in [0.2, 0.25) is 0 Å². The molecule has 0 saturated carbocycles. The normalized spacial score (nSPS) is 9.49. The van der Waals surface area contributed by atoms with Gasteiger partial charge in [-0.3, -0.25) is 5.92 Å². The fourth-order valence-corrected chi connectivity index (χ4v) is 10.1. The summed E-state index contributed by atoms with van der Waals surface area (Å²) in [4.78, 5) is 0. The molecule has 57 heavy (non-hydrogen) atoms. The molecule has 0 aromatic heterocycles. The van der Waals surface area contributed by atoms with Gasteiger partial charge in [-0.25, -0.2) is 0 Å². The molecule has 282 valence electrons. The van der Waals surface area contributed by atoms with E-state index in [-0.39, 0.29) is 37.4 Å². The third kappa shape index (κ3) is 15.3. The van der Waals surface area contributed by atoms with E-state index in [4.69, 9.17) is 11.7 Å². The van der Waals surface area contributed by atoms with Crippen LogP contribution in [-0.4, -0.2) is 0 Å². The Morgan fingerprint density at radius 1 is 0.351 bits per heavy atom. The Morgan fingerprint density at radius 2 is 0.561 bits per heavy atom. The number of hydrogen-bond acceptors (Lipinski definition) is 1. The summed E-state index contributed by atoms with van der Waals surface area (Å²) in [7, 11) is -0.892. The van der Waals surface area contributed by atoms with Crippen LogP contribution in [0.25, 0.3) is 0 Å². The Labute approximate surface area is 366 Å². The molecule has 0 fully saturated rings. The van der Waals surface area contributed by atoms with Gasteiger partial charge in [-0.15, -0.1) is 17.7 Å². The van der Waals surface area contributed by atoms with Crippen molar-refractivity contribution in [2.45, 2.75) is 6.92 Å². The second-order valence-corrected chi connectivity index (χ2v) is 16.6. The van der Waals surface area contributed by atoms with E-state index in [0.29, 0.717) is 11.1 Å². The number of nitriles is 1. The average molecular weight is 929 g/mol. The Hall–Kier alpha value is -5.19. The summed E-state index contributed by atoms with van der Waals surface area (Å²) < 4.78 is 0. The molecule has 8 rings (SSSR count). The minimum absolute atomic E-state index is 0. The maximum absolute atomic E-state index is 8.38. The largest absolute Gasteiger partial charge is 2.00 e. The third-order valence-electron chi connectivity index (χ3n) is 8.19. The molecule has 0 heterocycles. The predicted octanol–water partition coefficient (Wildman–Crippen LogP) is 7.38. The Morgan fingerprint density at radius 3 is 0.737 bits per heavy atom. The summed E-state index contributed by atoms with van der Waals surface area (Å²) in [5, 5.41) is 16.8. The molecule has 8 aromatic carbocycles. The van der Waals surface area contributed by atoms with Gasteiger partial charge < -0.3 is 23.4 Å². The number of benzene rings is 8. The molecule has 0 aliphatic heterocycles. The van der Waals surface area contributed by atoms with Gasteiger partial charge in [-0.05, 0) is 54.6 Å². The van der Waals surface area contributed by atoms with Gasteiger partial charge in [-0.2, -0.15) is 5.26 Å². The van der Waals surface area contributed by atoms with Gasteiger partial charge in [0.15, 0.2) is 0 Å². The molecule has 0 amide bonds. The van der Waals surface area contributed by atoms with Crippen molar-refractivity contribution < 1.29 is 37.4 Å². The zero-order chi connectivity index (χ0) is 38.3. The van der Waals surface area contributed by atoms with E-state index in [1.165, 1.54) is 37.4 Å². The fraction of sp³-hybridized carbons (Fsp3) is 0.0192. The molecular weight excluding hydrogens is 887 g/mol. The van der Waals surface area contributed by atoms with Gasteiger partial charge >= 0.3 is 20.4 Å². The molecule has 8 aromatic rings. The average Bonchev–Trinajstić information content (AvgIpc) is 3.27. The summed E-state index contributed by atoms with van der Waals surface area (Å²) in [5.41, 5.74) is 2.63. The molecule has 0 unspecified atom stereocenters. The zero-order valence-electron chi connectivity index (χ0n) is 31.6. The van der Waals surface area contributed by atoms with E-state index in [1.54, 1.807) is 24.3 Å². The number of nitrogens with zero attached hydrogens (tertiary/aromatic N) is 1. The first-order valence-corrected chi connectivity index (χ1v) is 20.7. The summed E-state index contributed by atoms with van der Waals surface area (Å²) in [6.45, 7) is 2.08. The SMILES string of the molecule is Cc1ccccc1.[Br-].[C-]#Cc1ccc(C#N)cc1.[Pd+2].c1ccc(P(c2ccccc2)c2ccccc2)cc1.c1ccc(P(c2ccccc2)c2ccccc2)cc1. The van der Waals surface area contributed by atoms with Crippen molar-refractivity contribution in [1.29, 1.82) is 5.26 Å². The molecule has 0 N–H and O–H groups in total.